The number of nitriles is 1. The van der Waals surface area contributed by atoms with Crippen LogP contribution in [0.5, 0.6) is 0 Å². The molecule has 0 saturated heterocycles. The van der Waals surface area contributed by atoms with Crippen LogP contribution in [0.1, 0.15) is 34.3 Å². The van der Waals surface area contributed by atoms with Crippen molar-refractivity contribution in [2.24, 2.45) is 0 Å². The Morgan fingerprint density at radius 2 is 1.80 bits per heavy atom. The van der Waals surface area contributed by atoms with Gasteiger partial charge in [0, 0.05) is 17.2 Å². The van der Waals surface area contributed by atoms with Gasteiger partial charge in [0.05, 0.1) is 12.0 Å². The van der Waals surface area contributed by atoms with Crippen LogP contribution in [0.4, 0.5) is 8.78 Å². The van der Waals surface area contributed by atoms with Crippen molar-refractivity contribution in [2.45, 2.75) is 12.8 Å². The van der Waals surface area contributed by atoms with Crippen molar-refractivity contribution in [2.75, 3.05) is 0 Å². The molecular weight excluding hydrogens is 260 g/mol. The first-order valence-electron chi connectivity index (χ1n) is 5.98. The van der Waals surface area contributed by atoms with Crippen LogP contribution in [-0.4, -0.2) is 5.78 Å². The fraction of sp³-hybridized carbons (Fsp3) is 0.125. The number of Topliss-reactive ketones (excluding diaryl/α,β-unsaturated/α-hetero) is 1. The third kappa shape index (κ3) is 2.72. The third-order valence-corrected chi connectivity index (χ3v) is 3.05. The molecule has 20 heavy (non-hydrogen) atoms. The van der Waals surface area contributed by atoms with Gasteiger partial charge in [0.25, 0.3) is 0 Å². The minimum absolute atomic E-state index is 0.0852. The van der Waals surface area contributed by atoms with E-state index in [1.54, 1.807) is 24.3 Å². The van der Waals surface area contributed by atoms with Gasteiger partial charge in [0.1, 0.15) is 11.6 Å². The molecule has 0 N–H and O–H groups in total. The average Bonchev–Trinajstić information content (AvgIpc) is 2.42. The molecule has 2 nitrogen and oxygen atoms in total. The Morgan fingerprint density at radius 3 is 2.30 bits per heavy atom. The van der Waals surface area contributed by atoms with Gasteiger partial charge in [-0.15, -0.1) is 0 Å². The highest BCUT2D eigenvalue weighted by Crippen LogP contribution is 2.27. The van der Waals surface area contributed by atoms with Crippen molar-refractivity contribution in [3.8, 4) is 6.07 Å². The minimum atomic E-state index is -0.836. The summed E-state index contributed by atoms with van der Waals surface area (Å²) < 4.78 is 26.6. The topological polar surface area (TPSA) is 40.9 Å². The fourth-order valence-corrected chi connectivity index (χ4v) is 1.97. The average molecular weight is 271 g/mol. The molecule has 0 saturated carbocycles. The Kier molecular flexibility index (Phi) is 3.90. The Labute approximate surface area is 115 Å². The molecule has 2 aromatic carbocycles. The lowest BCUT2D eigenvalue weighted by Crippen LogP contribution is -2.02. The molecule has 0 aromatic heterocycles. The van der Waals surface area contributed by atoms with Crippen molar-refractivity contribution in [1.82, 2.24) is 0 Å². The molecule has 1 atom stereocenters. The van der Waals surface area contributed by atoms with Crippen LogP contribution in [0, 0.1) is 23.0 Å². The van der Waals surface area contributed by atoms with E-state index in [1.165, 1.54) is 13.0 Å². The van der Waals surface area contributed by atoms with Crippen LogP contribution in [0.25, 0.3) is 0 Å². The minimum Gasteiger partial charge on any atom is -0.295 e. The maximum Gasteiger partial charge on any atom is 0.159 e. The number of halogens is 2. The predicted octanol–water partition coefficient (Wildman–Crippen LogP) is 3.82. The van der Waals surface area contributed by atoms with E-state index in [1.807, 2.05) is 6.07 Å². The zero-order valence-electron chi connectivity index (χ0n) is 10.7. The van der Waals surface area contributed by atoms with Gasteiger partial charge < -0.3 is 0 Å². The largest absolute Gasteiger partial charge is 0.295 e. The molecule has 0 spiro atoms. The fourth-order valence-electron chi connectivity index (χ4n) is 1.97. The van der Waals surface area contributed by atoms with Gasteiger partial charge in [-0.2, -0.15) is 5.26 Å². The summed E-state index contributed by atoms with van der Waals surface area (Å²) >= 11 is 0. The van der Waals surface area contributed by atoms with E-state index >= 15 is 0 Å². The Hall–Kier alpha value is -2.54. The zero-order valence-corrected chi connectivity index (χ0v) is 10.7. The molecule has 0 amide bonds. The first-order valence-corrected chi connectivity index (χ1v) is 5.98. The number of benzene rings is 2. The Balaban J connectivity index is 2.42. The number of ketones is 1. The summed E-state index contributed by atoms with van der Waals surface area (Å²) in [6.07, 6.45) is 0. The van der Waals surface area contributed by atoms with E-state index in [2.05, 4.69) is 0 Å². The first-order chi connectivity index (χ1) is 9.52. The summed E-state index contributed by atoms with van der Waals surface area (Å²) in [6, 6.07) is 11.5. The molecule has 0 radical (unpaired) electrons. The highest BCUT2D eigenvalue weighted by atomic mass is 19.1. The molecule has 2 rings (SSSR count). The van der Waals surface area contributed by atoms with Gasteiger partial charge in [-0.3, -0.25) is 4.79 Å². The van der Waals surface area contributed by atoms with E-state index in [4.69, 9.17) is 0 Å². The number of rotatable bonds is 3. The summed E-state index contributed by atoms with van der Waals surface area (Å²) in [5, 5.41) is 9.23. The standard InChI is InChI=1S/C16H11F2NO/c1-10(20)11-2-4-12(5-3-11)15(9-19)14-7-6-13(17)8-16(14)18/h2-8,15H,1H3. The summed E-state index contributed by atoms with van der Waals surface area (Å²) in [6.45, 7) is 1.44. The number of hydrogen-bond donors (Lipinski definition) is 0. The van der Waals surface area contributed by atoms with Crippen molar-refractivity contribution in [3.63, 3.8) is 0 Å². The van der Waals surface area contributed by atoms with Crippen LogP contribution in [0.2, 0.25) is 0 Å². The van der Waals surface area contributed by atoms with Crippen molar-refractivity contribution in [1.29, 1.82) is 5.26 Å². The zero-order chi connectivity index (χ0) is 14.7. The van der Waals surface area contributed by atoms with Gasteiger partial charge >= 0.3 is 0 Å². The van der Waals surface area contributed by atoms with Gasteiger partial charge in [0.2, 0.25) is 0 Å². The SMILES string of the molecule is CC(=O)c1ccc(C(C#N)c2ccc(F)cc2F)cc1. The van der Waals surface area contributed by atoms with E-state index in [9.17, 15) is 18.8 Å². The molecule has 4 heteroatoms. The molecule has 0 aliphatic rings. The van der Waals surface area contributed by atoms with Crippen LogP contribution in [0.3, 0.4) is 0 Å². The lowest BCUT2D eigenvalue weighted by Gasteiger charge is -2.11. The van der Waals surface area contributed by atoms with E-state index in [0.717, 1.165) is 12.1 Å². The van der Waals surface area contributed by atoms with Crippen LogP contribution >= 0.6 is 0 Å². The Bertz CT molecular complexity index is 687. The second-order valence-corrected chi connectivity index (χ2v) is 4.41. The summed E-state index contributed by atoms with van der Waals surface area (Å²) in [5.41, 5.74) is 1.19. The monoisotopic (exact) mass is 271 g/mol. The lowest BCUT2D eigenvalue weighted by atomic mass is 9.91. The second-order valence-electron chi connectivity index (χ2n) is 4.41. The van der Waals surface area contributed by atoms with E-state index in [-0.39, 0.29) is 11.3 Å². The molecule has 0 aliphatic heterocycles. The molecule has 0 heterocycles. The molecule has 2 aromatic rings. The maximum atomic E-state index is 13.7. The smallest absolute Gasteiger partial charge is 0.159 e. The van der Waals surface area contributed by atoms with Crippen LogP contribution < -0.4 is 0 Å². The number of hydrogen-bond acceptors (Lipinski definition) is 2. The van der Waals surface area contributed by atoms with E-state index in [0.29, 0.717) is 11.1 Å². The first kappa shape index (κ1) is 13.9. The summed E-state index contributed by atoms with van der Waals surface area (Å²) in [5.74, 6) is -2.36. The molecule has 0 fully saturated rings. The molecular formula is C16H11F2NO. The quantitative estimate of drug-likeness (QED) is 0.796. The van der Waals surface area contributed by atoms with Crippen molar-refractivity contribution < 1.29 is 13.6 Å². The molecule has 1 unspecified atom stereocenters. The maximum absolute atomic E-state index is 13.7. The number of carbonyl (C=O) groups excluding carboxylic acids is 1. The lowest BCUT2D eigenvalue weighted by molar-refractivity contribution is 0.101. The Morgan fingerprint density at radius 1 is 1.15 bits per heavy atom. The van der Waals surface area contributed by atoms with Crippen LogP contribution in [0.15, 0.2) is 42.5 Å². The molecule has 100 valence electrons. The third-order valence-electron chi connectivity index (χ3n) is 3.05. The summed E-state index contributed by atoms with van der Waals surface area (Å²) in [4.78, 5) is 11.2. The van der Waals surface area contributed by atoms with Gasteiger partial charge in [-0.25, -0.2) is 8.78 Å². The molecule has 0 aliphatic carbocycles. The second kappa shape index (κ2) is 5.62. The number of carbonyl (C=O) groups is 1. The summed E-state index contributed by atoms with van der Waals surface area (Å²) in [7, 11) is 0. The van der Waals surface area contributed by atoms with Crippen molar-refractivity contribution >= 4 is 5.78 Å². The van der Waals surface area contributed by atoms with Crippen LogP contribution in [-0.2, 0) is 0 Å². The van der Waals surface area contributed by atoms with Gasteiger partial charge in [0.15, 0.2) is 5.78 Å². The highest BCUT2D eigenvalue weighted by molar-refractivity contribution is 5.94. The number of nitrogens with zero attached hydrogens (tertiary/aromatic N) is 1. The highest BCUT2D eigenvalue weighted by Gasteiger charge is 2.18. The normalized spacial score (nSPS) is 11.7. The predicted molar refractivity (Wildman–Crippen MR) is 70.3 cm³/mol. The van der Waals surface area contributed by atoms with Gasteiger partial charge in [-0.1, -0.05) is 30.3 Å². The van der Waals surface area contributed by atoms with Gasteiger partial charge in [-0.05, 0) is 18.6 Å². The molecule has 0 bridgehead atoms. The van der Waals surface area contributed by atoms with Crippen molar-refractivity contribution in [3.05, 3.63) is 70.8 Å². The van der Waals surface area contributed by atoms with E-state index < -0.39 is 17.6 Å².